The first-order chi connectivity index (χ1) is 22.7. The normalized spacial score (nSPS) is 19.7. The van der Waals surface area contributed by atoms with Gasteiger partial charge in [0.15, 0.2) is 7.14 Å². The third-order valence-electron chi connectivity index (χ3n) is 8.98. The van der Waals surface area contributed by atoms with Crippen molar-refractivity contribution in [2.75, 3.05) is 0 Å². The molecule has 4 nitrogen and oxygen atoms in total. The summed E-state index contributed by atoms with van der Waals surface area (Å²) in [6, 6.07) is 39.0. The molecule has 4 aliphatic rings. The van der Waals surface area contributed by atoms with Gasteiger partial charge in [-0.1, -0.05) is 109 Å². The molecule has 0 spiro atoms. The topological polar surface area (TPSA) is 61.0 Å². The second-order valence-corrected chi connectivity index (χ2v) is 14.4. The van der Waals surface area contributed by atoms with E-state index in [2.05, 4.69) is 125 Å². The Morgan fingerprint density at radius 3 is 2.11 bits per heavy atom. The van der Waals surface area contributed by atoms with Gasteiger partial charge in [0.05, 0.1) is 11.4 Å². The quantitative estimate of drug-likeness (QED) is 0.203. The monoisotopic (exact) mass is 609 g/mol. The minimum Gasteiger partial charge on any atom is -0.355 e. The molecule has 9 rings (SSSR count). The third kappa shape index (κ3) is 4.15. The molecule has 0 amide bonds. The number of nitrogens with zero attached hydrogens (tertiary/aromatic N) is 1. The number of aliphatic imine (C=N–C) groups is 1. The SMILES string of the molecule is O=P1(c2ccccc2)C2=Cc3ccc([nH]3)C(c3ccccc3)=C3C=CC(=N3)C(c3ccccc3)=c3ccc([nH]3)=CC1=C1C=CC=C21. The van der Waals surface area contributed by atoms with Crippen LogP contribution in [0.1, 0.15) is 22.5 Å². The molecule has 0 radical (unpaired) electrons. The van der Waals surface area contributed by atoms with Crippen LogP contribution < -0.4 is 16.0 Å². The Hall–Kier alpha value is -5.70. The summed E-state index contributed by atoms with van der Waals surface area (Å²) in [6.07, 6.45) is 14.6. The van der Waals surface area contributed by atoms with E-state index < -0.39 is 7.14 Å². The van der Waals surface area contributed by atoms with Crippen LogP contribution in [0.3, 0.4) is 0 Å². The van der Waals surface area contributed by atoms with Crippen molar-refractivity contribution in [1.82, 2.24) is 9.97 Å². The standard InChI is InChI=1S/C41H28N3OP/c45-46(31-15-8-3-9-16-31)38-25-29-19-21-34(42-29)40(27-11-4-1-5-12-27)36-23-24-37(44-36)41(28-13-6-2-7-14-28)35-22-20-30(43-35)26-39(46)33-18-10-17-32(33)38/h1-26,42-43H. The van der Waals surface area contributed by atoms with Crippen LogP contribution in [0.25, 0.3) is 23.3 Å². The number of H-pyrrole nitrogens is 2. The van der Waals surface area contributed by atoms with Crippen molar-refractivity contribution in [2.45, 2.75) is 0 Å². The maximum absolute atomic E-state index is 15.7. The molecular formula is C41H28N3OP. The van der Waals surface area contributed by atoms with Gasteiger partial charge < -0.3 is 14.5 Å². The van der Waals surface area contributed by atoms with Gasteiger partial charge in [-0.2, -0.15) is 0 Å². The van der Waals surface area contributed by atoms with Gasteiger partial charge in [0, 0.05) is 49.2 Å². The minimum absolute atomic E-state index is 0.823. The van der Waals surface area contributed by atoms with E-state index in [1.165, 1.54) is 0 Å². The fraction of sp³-hybridized carbons (Fsp3) is 0. The van der Waals surface area contributed by atoms with Gasteiger partial charge in [0.2, 0.25) is 0 Å². The van der Waals surface area contributed by atoms with Crippen molar-refractivity contribution in [2.24, 2.45) is 4.99 Å². The number of hydrogen-bond donors (Lipinski definition) is 2. The van der Waals surface area contributed by atoms with Gasteiger partial charge in [0.1, 0.15) is 0 Å². The Labute approximate surface area is 266 Å². The maximum Gasteiger partial charge on any atom is 0.172 e. The molecule has 5 heteroatoms. The first-order valence-electron chi connectivity index (χ1n) is 15.4. The smallest absolute Gasteiger partial charge is 0.172 e. The number of rotatable bonds is 3. The lowest BCUT2D eigenvalue weighted by molar-refractivity contribution is 0.590. The van der Waals surface area contributed by atoms with E-state index >= 15 is 4.57 Å². The van der Waals surface area contributed by atoms with E-state index in [-0.39, 0.29) is 0 Å². The van der Waals surface area contributed by atoms with Crippen LogP contribution in [0, 0.1) is 0 Å². The lowest BCUT2D eigenvalue weighted by Crippen LogP contribution is -2.17. The number of fused-ring (bicyclic) bond motifs is 9. The van der Waals surface area contributed by atoms with Crippen LogP contribution in [-0.2, 0) is 4.57 Å². The summed E-state index contributed by atoms with van der Waals surface area (Å²) in [5.41, 5.74) is 9.77. The Morgan fingerprint density at radius 2 is 1.35 bits per heavy atom. The van der Waals surface area contributed by atoms with Crippen LogP contribution in [0.15, 0.2) is 178 Å². The summed E-state index contributed by atoms with van der Waals surface area (Å²) >= 11 is 0. The highest BCUT2D eigenvalue weighted by atomic mass is 31.2. The highest BCUT2D eigenvalue weighted by Crippen LogP contribution is 2.71. The first kappa shape index (κ1) is 26.7. The van der Waals surface area contributed by atoms with E-state index in [4.69, 9.17) is 4.99 Å². The zero-order valence-electron chi connectivity index (χ0n) is 24.8. The minimum atomic E-state index is -3.23. The molecular weight excluding hydrogens is 581 g/mol. The molecule has 1 aliphatic carbocycles. The predicted molar refractivity (Wildman–Crippen MR) is 189 cm³/mol. The molecule has 2 aromatic heterocycles. The molecule has 46 heavy (non-hydrogen) atoms. The van der Waals surface area contributed by atoms with Gasteiger partial charge in [-0.05, 0) is 70.8 Å². The van der Waals surface area contributed by atoms with Crippen molar-refractivity contribution < 1.29 is 4.57 Å². The number of allylic oxidation sites excluding steroid dienone is 9. The second-order valence-electron chi connectivity index (χ2n) is 11.7. The molecule has 218 valence electrons. The van der Waals surface area contributed by atoms with Crippen LogP contribution >= 0.6 is 7.14 Å². The van der Waals surface area contributed by atoms with Crippen molar-refractivity contribution in [3.63, 3.8) is 0 Å². The molecule has 1 atom stereocenters. The molecule has 5 aromatic rings. The van der Waals surface area contributed by atoms with Crippen LogP contribution in [0.5, 0.6) is 0 Å². The third-order valence-corrected chi connectivity index (χ3v) is 12.1. The zero-order chi connectivity index (χ0) is 30.7. The first-order valence-corrected chi connectivity index (χ1v) is 17.1. The number of benzene rings is 3. The largest absolute Gasteiger partial charge is 0.355 e. The molecule has 3 aromatic carbocycles. The van der Waals surface area contributed by atoms with E-state index in [0.29, 0.717) is 0 Å². The van der Waals surface area contributed by atoms with Crippen molar-refractivity contribution in [1.29, 1.82) is 0 Å². The van der Waals surface area contributed by atoms with Gasteiger partial charge in [0.25, 0.3) is 0 Å². The molecule has 0 saturated carbocycles. The molecule has 0 fully saturated rings. The highest BCUT2D eigenvalue weighted by molar-refractivity contribution is 7.80. The summed E-state index contributed by atoms with van der Waals surface area (Å²) in [4.78, 5) is 12.6. The molecule has 2 N–H and O–H groups in total. The molecule has 5 heterocycles. The molecule has 0 saturated heterocycles. The second kappa shape index (κ2) is 10.4. The molecule has 1 unspecified atom stereocenters. The number of hydrogen-bond acceptors (Lipinski definition) is 2. The summed E-state index contributed by atoms with van der Waals surface area (Å²) in [6.45, 7) is 0. The van der Waals surface area contributed by atoms with E-state index in [1.54, 1.807) is 0 Å². The van der Waals surface area contributed by atoms with Gasteiger partial charge in [-0.15, -0.1) is 0 Å². The fourth-order valence-corrected chi connectivity index (χ4v) is 10.0. The van der Waals surface area contributed by atoms with Crippen LogP contribution in [-0.4, -0.2) is 15.7 Å². The summed E-state index contributed by atoms with van der Waals surface area (Å²) in [5.74, 6) is 0. The lowest BCUT2D eigenvalue weighted by Gasteiger charge is -2.18. The van der Waals surface area contributed by atoms with Crippen molar-refractivity contribution in [3.05, 3.63) is 206 Å². The van der Waals surface area contributed by atoms with Gasteiger partial charge in [-0.25, -0.2) is 4.99 Å². The average molecular weight is 610 g/mol. The van der Waals surface area contributed by atoms with E-state index in [9.17, 15) is 0 Å². The number of aromatic nitrogens is 2. The van der Waals surface area contributed by atoms with Crippen LogP contribution in [0.2, 0.25) is 0 Å². The lowest BCUT2D eigenvalue weighted by atomic mass is 10.0. The number of nitrogens with one attached hydrogen (secondary N) is 2. The van der Waals surface area contributed by atoms with Crippen molar-refractivity contribution >= 4 is 41.5 Å². The molecule has 8 bridgehead atoms. The predicted octanol–water partition coefficient (Wildman–Crippen LogP) is 7.60. The van der Waals surface area contributed by atoms with E-state index in [1.807, 2.05) is 42.5 Å². The van der Waals surface area contributed by atoms with Gasteiger partial charge >= 0.3 is 0 Å². The van der Waals surface area contributed by atoms with Crippen molar-refractivity contribution in [3.8, 4) is 0 Å². The summed E-state index contributed by atoms with van der Waals surface area (Å²) in [5, 5.41) is 4.33. The summed E-state index contributed by atoms with van der Waals surface area (Å²) in [7, 11) is -3.23. The Morgan fingerprint density at radius 1 is 0.630 bits per heavy atom. The van der Waals surface area contributed by atoms with Gasteiger partial charge in [-0.3, -0.25) is 0 Å². The Kier molecular flexibility index (Phi) is 6.06. The highest BCUT2D eigenvalue weighted by Gasteiger charge is 2.44. The average Bonchev–Trinajstić information content (AvgIpc) is 3.94. The van der Waals surface area contributed by atoms with E-state index in [0.717, 1.165) is 82.8 Å². The Bertz CT molecular complexity index is 2460. The fourth-order valence-electron chi connectivity index (χ4n) is 6.90. The molecule has 3 aliphatic heterocycles. The summed E-state index contributed by atoms with van der Waals surface area (Å²) < 4.78 is 15.7. The number of aromatic amines is 2. The Balaban J connectivity index is 1.41. The maximum atomic E-state index is 15.7. The van der Waals surface area contributed by atoms with Crippen LogP contribution in [0.4, 0.5) is 0 Å². The zero-order valence-corrected chi connectivity index (χ0v) is 25.7.